The molecule has 0 spiro atoms. The summed E-state index contributed by atoms with van der Waals surface area (Å²) >= 11 is 11.9. The number of halogens is 6. The maximum atomic E-state index is 14.0. The number of amides is 1. The molecule has 0 saturated heterocycles. The minimum absolute atomic E-state index is 0.0133. The summed E-state index contributed by atoms with van der Waals surface area (Å²) in [4.78, 5) is 33.6. The van der Waals surface area contributed by atoms with Gasteiger partial charge in [-0.2, -0.15) is 18.1 Å². The Balaban J connectivity index is 2.06. The molecule has 2 unspecified atom stereocenters. The maximum absolute atomic E-state index is 14.0. The topological polar surface area (TPSA) is 99.1 Å². The fourth-order valence-corrected chi connectivity index (χ4v) is 3.70. The second kappa shape index (κ2) is 12.7. The van der Waals surface area contributed by atoms with Crippen LogP contribution in [0.4, 0.5) is 28.9 Å². The first-order valence-corrected chi connectivity index (χ1v) is 11.6. The molecule has 0 fully saturated rings. The predicted octanol–water partition coefficient (Wildman–Crippen LogP) is 6.28. The Hall–Kier alpha value is -3.77. The van der Waals surface area contributed by atoms with Gasteiger partial charge in [-0.1, -0.05) is 34.4 Å². The van der Waals surface area contributed by atoms with E-state index in [0.717, 1.165) is 12.1 Å². The summed E-state index contributed by atoms with van der Waals surface area (Å²) in [5, 5.41) is 7.64. The monoisotopic (exact) mass is 570 g/mol. The summed E-state index contributed by atoms with van der Waals surface area (Å²) in [6, 6.07) is 9.79. The Kier molecular flexibility index (Phi) is 9.59. The maximum Gasteiger partial charge on any atom is 0.414 e. The van der Waals surface area contributed by atoms with Gasteiger partial charge >= 0.3 is 6.18 Å². The molecular weight excluding hydrogens is 551 g/mol. The fourth-order valence-electron chi connectivity index (χ4n) is 3.28. The largest absolute Gasteiger partial charge is 0.414 e. The van der Waals surface area contributed by atoms with Gasteiger partial charge in [0.25, 0.3) is 5.91 Å². The van der Waals surface area contributed by atoms with Crippen LogP contribution in [0.3, 0.4) is 0 Å². The van der Waals surface area contributed by atoms with E-state index in [0.29, 0.717) is 5.69 Å². The van der Waals surface area contributed by atoms with E-state index < -0.39 is 36.5 Å². The molecule has 3 rings (SSSR count). The van der Waals surface area contributed by atoms with E-state index in [1.54, 1.807) is 18.2 Å². The number of nitrogens with one attached hydrogen (secondary N) is 2. The third-order valence-corrected chi connectivity index (χ3v) is 5.61. The molecule has 2 atom stereocenters. The molecule has 14 heteroatoms. The lowest BCUT2D eigenvalue weighted by Gasteiger charge is -2.29. The van der Waals surface area contributed by atoms with Crippen LogP contribution < -0.4 is 15.5 Å². The van der Waals surface area contributed by atoms with Gasteiger partial charge in [-0.15, -0.1) is 0 Å². The van der Waals surface area contributed by atoms with Crippen LogP contribution in [0.1, 0.15) is 16.8 Å². The molecule has 3 aromatic rings. The number of pyridine rings is 1. The molecule has 0 radical (unpaired) electrons. The number of aliphatic imine (C=N–C) groups is 1. The molecule has 8 nitrogen and oxygen atoms in total. The summed E-state index contributed by atoms with van der Waals surface area (Å²) in [6.07, 6.45) is -4.40. The number of aromatic nitrogens is 1. The Morgan fingerprint density at radius 3 is 2.47 bits per heavy atom. The second-order valence-electron chi connectivity index (χ2n) is 7.93. The summed E-state index contributed by atoms with van der Waals surface area (Å²) in [5.41, 5.74) is 0.523. The van der Waals surface area contributed by atoms with Crippen LogP contribution in [0.25, 0.3) is 0 Å². The van der Waals surface area contributed by atoms with Crippen molar-refractivity contribution in [3.63, 3.8) is 0 Å². The van der Waals surface area contributed by atoms with Crippen LogP contribution in [0.15, 0.2) is 77.2 Å². The molecule has 0 saturated carbocycles. The van der Waals surface area contributed by atoms with Crippen LogP contribution in [0, 0.1) is 10.7 Å². The van der Waals surface area contributed by atoms with Crippen LogP contribution >= 0.6 is 23.2 Å². The number of rotatable bonds is 8. The lowest BCUT2D eigenvalue weighted by atomic mass is 10.1. The first kappa shape index (κ1) is 28.8. The zero-order valence-corrected chi connectivity index (χ0v) is 21.1. The molecule has 1 heterocycles. The van der Waals surface area contributed by atoms with Crippen molar-refractivity contribution in [3.05, 3.63) is 93.3 Å². The number of guanidine groups is 1. The van der Waals surface area contributed by atoms with E-state index in [1.807, 2.05) is 0 Å². The van der Waals surface area contributed by atoms with Crippen molar-refractivity contribution >= 4 is 46.4 Å². The fraction of sp³-hybridized carbons (Fsp3) is 0.208. The SMILES string of the molecule is CN(c1cccnc1)C(CC(N=O)C(F)(F)F)N=C(NC(=O)c1cccc(Cl)c1)Nc1cc(F)cc(Cl)c1. The molecule has 0 bridgehead atoms. The van der Waals surface area contributed by atoms with Crippen molar-refractivity contribution in [3.8, 4) is 0 Å². The minimum atomic E-state index is -4.95. The Morgan fingerprint density at radius 1 is 1.11 bits per heavy atom. The number of anilines is 2. The van der Waals surface area contributed by atoms with Crippen LogP contribution in [0.5, 0.6) is 0 Å². The van der Waals surface area contributed by atoms with Gasteiger partial charge in [0.05, 0.1) is 11.9 Å². The highest BCUT2D eigenvalue weighted by Crippen LogP contribution is 2.29. The van der Waals surface area contributed by atoms with E-state index in [2.05, 4.69) is 25.8 Å². The van der Waals surface area contributed by atoms with E-state index >= 15 is 0 Å². The van der Waals surface area contributed by atoms with Gasteiger partial charge in [0.15, 0.2) is 6.04 Å². The number of carbonyl (C=O) groups is 1. The summed E-state index contributed by atoms with van der Waals surface area (Å²) < 4.78 is 54.3. The minimum Gasteiger partial charge on any atom is -0.351 e. The van der Waals surface area contributed by atoms with Crippen molar-refractivity contribution < 1.29 is 22.4 Å². The van der Waals surface area contributed by atoms with E-state index in [9.17, 15) is 27.3 Å². The molecule has 0 aliphatic rings. The highest BCUT2D eigenvalue weighted by Gasteiger charge is 2.43. The first-order valence-electron chi connectivity index (χ1n) is 10.9. The zero-order valence-electron chi connectivity index (χ0n) is 19.6. The lowest BCUT2D eigenvalue weighted by molar-refractivity contribution is -0.149. The molecular formula is C24H20Cl2F4N6O2. The van der Waals surface area contributed by atoms with E-state index in [-0.39, 0.29) is 27.3 Å². The molecule has 0 aliphatic heterocycles. The van der Waals surface area contributed by atoms with Crippen molar-refractivity contribution in [1.82, 2.24) is 10.3 Å². The Labute approximate surface area is 224 Å². The van der Waals surface area contributed by atoms with Crippen molar-refractivity contribution in [2.24, 2.45) is 10.2 Å². The van der Waals surface area contributed by atoms with Gasteiger partial charge in [-0.3, -0.25) is 15.1 Å². The van der Waals surface area contributed by atoms with Crippen LogP contribution in [-0.4, -0.2) is 42.3 Å². The summed E-state index contributed by atoms with van der Waals surface area (Å²) in [5.74, 6) is -1.79. The third-order valence-electron chi connectivity index (χ3n) is 5.16. The van der Waals surface area contributed by atoms with Crippen molar-refractivity contribution in [1.29, 1.82) is 0 Å². The number of carbonyl (C=O) groups excluding carboxylic acids is 1. The van der Waals surface area contributed by atoms with Gasteiger partial charge in [0, 0.05) is 41.0 Å². The van der Waals surface area contributed by atoms with Crippen molar-refractivity contribution in [2.45, 2.75) is 24.8 Å². The number of nitrogens with zero attached hydrogens (tertiary/aromatic N) is 4. The Morgan fingerprint density at radius 2 is 1.87 bits per heavy atom. The number of hydrogen-bond acceptors (Lipinski definition) is 6. The smallest absolute Gasteiger partial charge is 0.351 e. The molecule has 1 aromatic heterocycles. The average Bonchev–Trinajstić information content (AvgIpc) is 2.85. The first-order chi connectivity index (χ1) is 18.0. The standard InChI is InChI=1S/C24H20Cl2F4N6O2/c1-36(19-6-3-7-31-13-19)21(12-20(35-38)24(28,29)30)33-23(32-18-10-16(26)9-17(27)11-18)34-22(37)14-4-2-5-15(25)8-14/h2-11,13,20-21H,12H2,1H3,(H2,32,33,34,37). The van der Waals surface area contributed by atoms with Gasteiger partial charge in [0.1, 0.15) is 12.0 Å². The van der Waals surface area contributed by atoms with Crippen LogP contribution in [-0.2, 0) is 0 Å². The quantitative estimate of drug-likeness (QED) is 0.144. The van der Waals surface area contributed by atoms with Crippen molar-refractivity contribution in [2.75, 3.05) is 17.3 Å². The molecule has 0 aliphatic carbocycles. The molecule has 200 valence electrons. The highest BCUT2D eigenvalue weighted by molar-refractivity contribution is 6.31. The van der Waals surface area contributed by atoms with Gasteiger partial charge in [-0.25, -0.2) is 9.38 Å². The number of hydrogen-bond donors (Lipinski definition) is 2. The number of nitroso groups, excluding NO2 is 1. The Bertz CT molecular complexity index is 1290. The van der Waals surface area contributed by atoms with Gasteiger partial charge in [-0.05, 0) is 48.5 Å². The summed E-state index contributed by atoms with van der Waals surface area (Å²) in [6.45, 7) is 0. The van der Waals surface area contributed by atoms with Crippen LogP contribution in [0.2, 0.25) is 10.0 Å². The normalized spacial score (nSPS) is 13.4. The number of alkyl halides is 3. The number of benzene rings is 2. The predicted molar refractivity (Wildman–Crippen MR) is 138 cm³/mol. The van der Waals surface area contributed by atoms with Gasteiger partial charge < -0.3 is 10.2 Å². The molecule has 1 amide bonds. The zero-order chi connectivity index (χ0) is 27.9. The average molecular weight is 571 g/mol. The highest BCUT2D eigenvalue weighted by atomic mass is 35.5. The molecule has 2 N–H and O–H groups in total. The molecule has 38 heavy (non-hydrogen) atoms. The third kappa shape index (κ3) is 8.12. The lowest BCUT2D eigenvalue weighted by Crippen LogP contribution is -2.42. The van der Waals surface area contributed by atoms with Gasteiger partial charge in [0.2, 0.25) is 5.96 Å². The summed E-state index contributed by atoms with van der Waals surface area (Å²) in [7, 11) is 1.43. The second-order valence-corrected chi connectivity index (χ2v) is 8.80. The van der Waals surface area contributed by atoms with E-state index in [4.69, 9.17) is 23.2 Å². The molecule has 2 aromatic carbocycles. The van der Waals surface area contributed by atoms with E-state index in [1.165, 1.54) is 48.6 Å².